The molecule has 2 N–H and O–H groups in total. The smallest absolute Gasteiger partial charge is 0.119 e. The molecular formula is C13H21NO2. The molecule has 16 heavy (non-hydrogen) atoms. The third-order valence-corrected chi connectivity index (χ3v) is 2.38. The summed E-state index contributed by atoms with van der Waals surface area (Å²) in [5.41, 5.74) is 0.594. The van der Waals surface area contributed by atoms with Gasteiger partial charge in [0.2, 0.25) is 0 Å². The topological polar surface area (TPSA) is 41.5 Å². The van der Waals surface area contributed by atoms with Crippen LogP contribution in [0.5, 0.6) is 5.75 Å². The molecule has 1 aromatic rings. The van der Waals surface area contributed by atoms with E-state index in [0.29, 0.717) is 0 Å². The van der Waals surface area contributed by atoms with E-state index in [-0.39, 0.29) is 0 Å². The molecule has 0 spiro atoms. The Balaban J connectivity index is 2.32. The molecule has 0 unspecified atom stereocenters. The van der Waals surface area contributed by atoms with Crippen LogP contribution < -0.4 is 10.1 Å². The van der Waals surface area contributed by atoms with Gasteiger partial charge in [-0.2, -0.15) is 0 Å². The van der Waals surface area contributed by atoms with E-state index in [4.69, 9.17) is 4.74 Å². The van der Waals surface area contributed by atoms with Gasteiger partial charge in [0.25, 0.3) is 0 Å². The molecule has 0 radical (unpaired) electrons. The van der Waals surface area contributed by atoms with Crippen LogP contribution in [0.2, 0.25) is 0 Å². The van der Waals surface area contributed by atoms with E-state index >= 15 is 0 Å². The fourth-order valence-electron chi connectivity index (χ4n) is 1.41. The van der Waals surface area contributed by atoms with Crippen LogP contribution in [0.4, 0.5) is 0 Å². The maximum atomic E-state index is 9.54. The van der Waals surface area contributed by atoms with Gasteiger partial charge in [0, 0.05) is 6.54 Å². The van der Waals surface area contributed by atoms with Crippen molar-refractivity contribution in [3.63, 3.8) is 0 Å². The number of benzene rings is 1. The predicted molar refractivity (Wildman–Crippen MR) is 65.6 cm³/mol. The maximum absolute atomic E-state index is 9.54. The molecule has 90 valence electrons. The summed E-state index contributed by atoms with van der Waals surface area (Å²) >= 11 is 0. The monoisotopic (exact) mass is 223 g/mol. The molecular weight excluding hydrogens is 202 g/mol. The quantitative estimate of drug-likeness (QED) is 0.724. The Hall–Kier alpha value is -1.06. The molecule has 0 saturated heterocycles. The first-order chi connectivity index (χ1) is 7.51. The zero-order chi connectivity index (χ0) is 12.0. The lowest BCUT2D eigenvalue weighted by Gasteiger charge is -2.17. The van der Waals surface area contributed by atoms with Crippen LogP contribution in [-0.2, 0) is 6.54 Å². The fraction of sp³-hybridized carbons (Fsp3) is 0.538. The molecule has 0 bridgehead atoms. The van der Waals surface area contributed by atoms with E-state index in [1.807, 2.05) is 32.0 Å². The van der Waals surface area contributed by atoms with Crippen molar-refractivity contribution in [1.29, 1.82) is 0 Å². The average Bonchev–Trinajstić information content (AvgIpc) is 2.23. The van der Waals surface area contributed by atoms with Crippen molar-refractivity contribution in [2.45, 2.75) is 32.4 Å². The van der Waals surface area contributed by atoms with Crippen LogP contribution in [0.1, 0.15) is 25.8 Å². The third kappa shape index (κ3) is 5.14. The summed E-state index contributed by atoms with van der Waals surface area (Å²) in [6.45, 7) is 5.24. The summed E-state index contributed by atoms with van der Waals surface area (Å²) < 4.78 is 5.15. The second kappa shape index (κ2) is 5.87. The zero-order valence-corrected chi connectivity index (χ0v) is 10.3. The first kappa shape index (κ1) is 13.0. The highest BCUT2D eigenvalue weighted by Gasteiger charge is 2.10. The fourth-order valence-corrected chi connectivity index (χ4v) is 1.41. The molecule has 0 fully saturated rings. The van der Waals surface area contributed by atoms with Gasteiger partial charge < -0.3 is 15.2 Å². The van der Waals surface area contributed by atoms with Crippen molar-refractivity contribution in [2.75, 3.05) is 13.7 Å². The minimum atomic E-state index is -0.596. The van der Waals surface area contributed by atoms with Gasteiger partial charge in [-0.05, 0) is 44.5 Å². The number of aliphatic hydroxyl groups is 1. The predicted octanol–water partition coefficient (Wildman–Crippen LogP) is 1.95. The van der Waals surface area contributed by atoms with Crippen LogP contribution in [0, 0.1) is 0 Å². The number of rotatable bonds is 6. The van der Waals surface area contributed by atoms with Crippen molar-refractivity contribution >= 4 is 0 Å². The van der Waals surface area contributed by atoms with Gasteiger partial charge in [-0.3, -0.25) is 0 Å². The molecule has 0 aliphatic carbocycles. The minimum absolute atomic E-state index is 0.596. The normalized spacial score (nSPS) is 11.5. The van der Waals surface area contributed by atoms with Crippen LogP contribution >= 0.6 is 0 Å². The molecule has 0 heterocycles. The molecule has 3 nitrogen and oxygen atoms in total. The molecule has 0 aromatic heterocycles. The Morgan fingerprint density at radius 1 is 1.38 bits per heavy atom. The second-order valence-electron chi connectivity index (χ2n) is 4.59. The van der Waals surface area contributed by atoms with Crippen molar-refractivity contribution in [1.82, 2.24) is 5.32 Å². The second-order valence-corrected chi connectivity index (χ2v) is 4.59. The van der Waals surface area contributed by atoms with Crippen LogP contribution in [0.25, 0.3) is 0 Å². The van der Waals surface area contributed by atoms with Crippen LogP contribution in [-0.4, -0.2) is 24.4 Å². The van der Waals surface area contributed by atoms with E-state index in [1.54, 1.807) is 7.11 Å². The summed E-state index contributed by atoms with van der Waals surface area (Å²) in [6, 6.07) is 7.98. The number of hydrogen-bond acceptors (Lipinski definition) is 3. The highest BCUT2D eigenvalue weighted by atomic mass is 16.5. The first-order valence-electron chi connectivity index (χ1n) is 5.57. The van der Waals surface area contributed by atoms with E-state index in [9.17, 15) is 5.11 Å². The third-order valence-electron chi connectivity index (χ3n) is 2.38. The molecule has 3 heteroatoms. The van der Waals surface area contributed by atoms with Gasteiger partial charge in [0.1, 0.15) is 5.75 Å². The molecule has 0 aliphatic heterocycles. The summed E-state index contributed by atoms with van der Waals surface area (Å²) in [4.78, 5) is 0. The van der Waals surface area contributed by atoms with Crippen molar-refractivity contribution in [3.8, 4) is 5.75 Å². The summed E-state index contributed by atoms with van der Waals surface area (Å²) in [5, 5.41) is 12.8. The van der Waals surface area contributed by atoms with Crippen LogP contribution in [0.15, 0.2) is 24.3 Å². The maximum Gasteiger partial charge on any atom is 0.119 e. The highest BCUT2D eigenvalue weighted by molar-refractivity contribution is 5.28. The number of nitrogens with one attached hydrogen (secondary N) is 1. The first-order valence-corrected chi connectivity index (χ1v) is 5.57. The van der Waals surface area contributed by atoms with Gasteiger partial charge in [0.05, 0.1) is 12.7 Å². The summed E-state index contributed by atoms with van der Waals surface area (Å²) in [6.07, 6.45) is 0.747. The molecule has 1 aromatic carbocycles. The van der Waals surface area contributed by atoms with Gasteiger partial charge in [-0.15, -0.1) is 0 Å². The van der Waals surface area contributed by atoms with Crippen LogP contribution in [0.3, 0.4) is 0 Å². The molecule has 0 atom stereocenters. The molecule has 0 amide bonds. The Morgan fingerprint density at radius 3 is 2.75 bits per heavy atom. The van der Waals surface area contributed by atoms with E-state index in [2.05, 4.69) is 11.4 Å². The number of methoxy groups -OCH3 is 1. The SMILES string of the molecule is COc1cccc(CNCCC(C)(C)O)c1. The molecule has 1 rings (SSSR count). The van der Waals surface area contributed by atoms with Crippen molar-refractivity contribution in [2.24, 2.45) is 0 Å². The summed E-state index contributed by atoms with van der Waals surface area (Å²) in [5.74, 6) is 0.877. The lowest BCUT2D eigenvalue weighted by Crippen LogP contribution is -2.26. The molecule has 0 saturated carbocycles. The standard InChI is InChI=1S/C13H21NO2/c1-13(2,15)7-8-14-10-11-5-4-6-12(9-11)16-3/h4-6,9,14-15H,7-8,10H2,1-3H3. The van der Waals surface area contributed by atoms with Crippen molar-refractivity contribution in [3.05, 3.63) is 29.8 Å². The average molecular weight is 223 g/mol. The lowest BCUT2D eigenvalue weighted by atomic mass is 10.1. The highest BCUT2D eigenvalue weighted by Crippen LogP contribution is 2.12. The number of hydrogen-bond donors (Lipinski definition) is 2. The Morgan fingerprint density at radius 2 is 2.12 bits per heavy atom. The van der Waals surface area contributed by atoms with Gasteiger partial charge in [0.15, 0.2) is 0 Å². The van der Waals surface area contributed by atoms with Gasteiger partial charge in [-0.1, -0.05) is 12.1 Å². The van der Waals surface area contributed by atoms with E-state index < -0.39 is 5.60 Å². The summed E-state index contributed by atoms with van der Waals surface area (Å²) in [7, 11) is 1.67. The Bertz CT molecular complexity index is 318. The van der Waals surface area contributed by atoms with Crippen molar-refractivity contribution < 1.29 is 9.84 Å². The van der Waals surface area contributed by atoms with Gasteiger partial charge in [-0.25, -0.2) is 0 Å². The zero-order valence-electron chi connectivity index (χ0n) is 10.3. The van der Waals surface area contributed by atoms with Gasteiger partial charge >= 0.3 is 0 Å². The lowest BCUT2D eigenvalue weighted by molar-refractivity contribution is 0.0711. The van der Waals surface area contributed by atoms with E-state index in [1.165, 1.54) is 5.56 Å². The Kier molecular flexibility index (Phi) is 4.77. The Labute approximate surface area is 97.4 Å². The van der Waals surface area contributed by atoms with E-state index in [0.717, 1.165) is 25.3 Å². The molecule has 0 aliphatic rings. The minimum Gasteiger partial charge on any atom is -0.497 e. The number of ether oxygens (including phenoxy) is 1. The largest absolute Gasteiger partial charge is 0.497 e.